The van der Waals surface area contributed by atoms with E-state index in [1.807, 2.05) is 72.8 Å². The second kappa shape index (κ2) is 7.66. The van der Waals surface area contributed by atoms with E-state index in [0.717, 1.165) is 33.5 Å². The normalized spacial score (nSPS) is 10.6. The molecule has 3 aromatic carbocycles. The first-order chi connectivity index (χ1) is 13.6. The number of nitrogens with zero attached hydrogens (tertiary/aromatic N) is 2. The van der Waals surface area contributed by atoms with E-state index >= 15 is 0 Å². The average Bonchev–Trinajstić information content (AvgIpc) is 2.69. The van der Waals surface area contributed by atoms with Crippen molar-refractivity contribution in [3.8, 4) is 11.3 Å². The fraction of sp³-hybridized carbons (Fsp3) is 0.0455. The molecule has 1 amide bonds. The molecular weight excluding hydrogens is 372 g/mol. The van der Waals surface area contributed by atoms with Crippen molar-refractivity contribution in [1.29, 1.82) is 0 Å². The van der Waals surface area contributed by atoms with Gasteiger partial charge in [0, 0.05) is 34.3 Å². The molecule has 138 valence electrons. The molecule has 1 heterocycles. The van der Waals surface area contributed by atoms with Crippen LogP contribution < -0.4 is 10.6 Å². The maximum Gasteiger partial charge on any atom is 0.228 e. The van der Waals surface area contributed by atoms with Gasteiger partial charge in [0.15, 0.2) is 0 Å². The number of aromatic nitrogens is 2. The van der Waals surface area contributed by atoms with Crippen LogP contribution in [0.1, 0.15) is 6.92 Å². The Labute approximate surface area is 167 Å². The number of carbonyl (C=O) groups excluding carboxylic acids is 1. The summed E-state index contributed by atoms with van der Waals surface area (Å²) in [4.78, 5) is 20.5. The molecule has 0 unspecified atom stereocenters. The van der Waals surface area contributed by atoms with Gasteiger partial charge >= 0.3 is 0 Å². The van der Waals surface area contributed by atoms with Crippen LogP contribution in [0.15, 0.2) is 72.8 Å². The first kappa shape index (κ1) is 17.9. The van der Waals surface area contributed by atoms with Gasteiger partial charge in [-0.1, -0.05) is 41.9 Å². The van der Waals surface area contributed by atoms with Crippen molar-refractivity contribution in [1.82, 2.24) is 9.97 Å². The van der Waals surface area contributed by atoms with Crippen LogP contribution >= 0.6 is 11.6 Å². The minimum atomic E-state index is -0.107. The number of carbonyl (C=O) groups is 1. The van der Waals surface area contributed by atoms with Crippen molar-refractivity contribution < 1.29 is 4.79 Å². The molecule has 28 heavy (non-hydrogen) atoms. The standard InChI is InChI=1S/C22H17ClN4O/c1-14(28)24-17-8-10-18(11-9-17)25-22-26-20-12-7-16(23)13-19(20)21(27-22)15-5-3-2-4-6-15/h2-13H,1H3,(H,24,28)(H,25,26,27). The van der Waals surface area contributed by atoms with Crippen LogP contribution in [-0.2, 0) is 4.79 Å². The topological polar surface area (TPSA) is 66.9 Å². The molecule has 0 fully saturated rings. The highest BCUT2D eigenvalue weighted by Gasteiger charge is 2.11. The molecule has 6 heteroatoms. The molecule has 0 atom stereocenters. The SMILES string of the molecule is CC(=O)Nc1ccc(Nc2nc(-c3ccccc3)c3cc(Cl)ccc3n2)cc1. The van der Waals surface area contributed by atoms with Gasteiger partial charge in [-0.05, 0) is 42.5 Å². The molecule has 0 radical (unpaired) electrons. The fourth-order valence-electron chi connectivity index (χ4n) is 2.94. The number of anilines is 3. The summed E-state index contributed by atoms with van der Waals surface area (Å²) < 4.78 is 0. The van der Waals surface area contributed by atoms with Gasteiger partial charge in [0.05, 0.1) is 11.2 Å². The van der Waals surface area contributed by atoms with Crippen LogP contribution in [0.3, 0.4) is 0 Å². The number of nitrogens with one attached hydrogen (secondary N) is 2. The smallest absolute Gasteiger partial charge is 0.228 e. The summed E-state index contributed by atoms with van der Waals surface area (Å²) in [6.45, 7) is 1.48. The van der Waals surface area contributed by atoms with Crippen LogP contribution in [0.2, 0.25) is 5.02 Å². The lowest BCUT2D eigenvalue weighted by atomic mass is 10.1. The van der Waals surface area contributed by atoms with Gasteiger partial charge in [0.2, 0.25) is 11.9 Å². The predicted molar refractivity (Wildman–Crippen MR) is 114 cm³/mol. The molecule has 0 aliphatic carbocycles. The van der Waals surface area contributed by atoms with Gasteiger partial charge in [-0.2, -0.15) is 0 Å². The Morgan fingerprint density at radius 1 is 0.893 bits per heavy atom. The van der Waals surface area contributed by atoms with Crippen molar-refractivity contribution in [2.45, 2.75) is 6.92 Å². The maximum absolute atomic E-state index is 11.2. The number of amides is 1. The predicted octanol–water partition coefficient (Wildman–Crippen LogP) is 5.65. The molecule has 5 nitrogen and oxygen atoms in total. The van der Waals surface area contributed by atoms with Gasteiger partial charge in [0.25, 0.3) is 0 Å². The Bertz CT molecular complexity index is 1140. The van der Waals surface area contributed by atoms with E-state index in [1.165, 1.54) is 6.92 Å². The third kappa shape index (κ3) is 3.94. The zero-order valence-corrected chi connectivity index (χ0v) is 15.9. The first-order valence-corrected chi connectivity index (χ1v) is 9.14. The summed E-state index contributed by atoms with van der Waals surface area (Å²) in [7, 11) is 0. The number of hydrogen-bond donors (Lipinski definition) is 2. The fourth-order valence-corrected chi connectivity index (χ4v) is 3.11. The summed E-state index contributed by atoms with van der Waals surface area (Å²) >= 11 is 6.20. The monoisotopic (exact) mass is 388 g/mol. The van der Waals surface area contributed by atoms with E-state index in [0.29, 0.717) is 11.0 Å². The molecule has 4 aromatic rings. The number of halogens is 1. The van der Waals surface area contributed by atoms with Gasteiger partial charge in [-0.3, -0.25) is 4.79 Å². The molecule has 0 saturated carbocycles. The Kier molecular flexibility index (Phi) is 4.91. The molecule has 1 aromatic heterocycles. The summed E-state index contributed by atoms with van der Waals surface area (Å²) in [5, 5.41) is 7.51. The Hall–Kier alpha value is -3.44. The van der Waals surface area contributed by atoms with Gasteiger partial charge in [-0.25, -0.2) is 9.97 Å². The van der Waals surface area contributed by atoms with Crippen molar-refractivity contribution >= 4 is 45.7 Å². The Morgan fingerprint density at radius 3 is 2.32 bits per heavy atom. The zero-order chi connectivity index (χ0) is 19.5. The van der Waals surface area contributed by atoms with E-state index in [1.54, 1.807) is 0 Å². The Morgan fingerprint density at radius 2 is 1.61 bits per heavy atom. The van der Waals surface area contributed by atoms with E-state index < -0.39 is 0 Å². The lowest BCUT2D eigenvalue weighted by molar-refractivity contribution is -0.114. The van der Waals surface area contributed by atoms with Gasteiger partial charge < -0.3 is 10.6 Å². The third-order valence-corrected chi connectivity index (χ3v) is 4.40. The van der Waals surface area contributed by atoms with E-state index in [4.69, 9.17) is 16.6 Å². The molecule has 0 saturated heterocycles. The third-order valence-electron chi connectivity index (χ3n) is 4.17. The van der Waals surface area contributed by atoms with Crippen molar-refractivity contribution in [2.24, 2.45) is 0 Å². The number of benzene rings is 3. The molecule has 0 spiro atoms. The van der Waals surface area contributed by atoms with E-state index in [-0.39, 0.29) is 5.91 Å². The van der Waals surface area contributed by atoms with Crippen LogP contribution in [0, 0.1) is 0 Å². The lowest BCUT2D eigenvalue weighted by Gasteiger charge is -2.11. The van der Waals surface area contributed by atoms with Gasteiger partial charge in [-0.15, -0.1) is 0 Å². The number of hydrogen-bond acceptors (Lipinski definition) is 4. The largest absolute Gasteiger partial charge is 0.326 e. The summed E-state index contributed by atoms with van der Waals surface area (Å²) in [5.74, 6) is 0.380. The molecular formula is C22H17ClN4O. The van der Waals surface area contributed by atoms with Crippen molar-refractivity contribution in [3.05, 3.63) is 77.8 Å². The summed E-state index contributed by atoms with van der Waals surface area (Å²) in [6, 6.07) is 22.9. The van der Waals surface area contributed by atoms with Crippen LogP contribution in [0.5, 0.6) is 0 Å². The highest BCUT2D eigenvalue weighted by molar-refractivity contribution is 6.31. The van der Waals surface area contributed by atoms with Crippen molar-refractivity contribution in [2.75, 3.05) is 10.6 Å². The molecule has 0 aliphatic rings. The quantitative estimate of drug-likeness (QED) is 0.474. The summed E-state index contributed by atoms with van der Waals surface area (Å²) in [5.41, 5.74) is 4.15. The second-order valence-electron chi connectivity index (χ2n) is 6.31. The van der Waals surface area contributed by atoms with Crippen LogP contribution in [-0.4, -0.2) is 15.9 Å². The van der Waals surface area contributed by atoms with E-state index in [2.05, 4.69) is 15.6 Å². The Balaban J connectivity index is 1.73. The van der Waals surface area contributed by atoms with Gasteiger partial charge in [0.1, 0.15) is 0 Å². The first-order valence-electron chi connectivity index (χ1n) is 8.76. The molecule has 2 N–H and O–H groups in total. The molecule has 0 bridgehead atoms. The number of fused-ring (bicyclic) bond motifs is 1. The van der Waals surface area contributed by atoms with Crippen LogP contribution in [0.4, 0.5) is 17.3 Å². The highest BCUT2D eigenvalue weighted by atomic mass is 35.5. The minimum absolute atomic E-state index is 0.107. The lowest BCUT2D eigenvalue weighted by Crippen LogP contribution is -2.05. The molecule has 4 rings (SSSR count). The highest BCUT2D eigenvalue weighted by Crippen LogP contribution is 2.30. The van der Waals surface area contributed by atoms with E-state index in [9.17, 15) is 4.79 Å². The minimum Gasteiger partial charge on any atom is -0.326 e. The van der Waals surface area contributed by atoms with Crippen LogP contribution in [0.25, 0.3) is 22.2 Å². The van der Waals surface area contributed by atoms with Crippen molar-refractivity contribution in [3.63, 3.8) is 0 Å². The zero-order valence-electron chi connectivity index (χ0n) is 15.1. The second-order valence-corrected chi connectivity index (χ2v) is 6.74. The molecule has 0 aliphatic heterocycles. The summed E-state index contributed by atoms with van der Waals surface area (Å²) in [6.07, 6.45) is 0. The average molecular weight is 389 g/mol. The number of rotatable bonds is 4. The maximum atomic E-state index is 11.2.